The Morgan fingerprint density at radius 1 is 1.26 bits per heavy atom. The van der Waals surface area contributed by atoms with E-state index in [2.05, 4.69) is 5.10 Å². The smallest absolute Gasteiger partial charge is 0.247 e. The van der Waals surface area contributed by atoms with Gasteiger partial charge in [0, 0.05) is 13.6 Å². The highest BCUT2D eigenvalue weighted by atomic mass is 32.2. The van der Waals surface area contributed by atoms with Crippen LogP contribution in [0.5, 0.6) is 0 Å². The number of nitrogens with zero attached hydrogens (tertiary/aromatic N) is 3. The van der Waals surface area contributed by atoms with Gasteiger partial charge in [-0.1, -0.05) is 30.3 Å². The summed E-state index contributed by atoms with van der Waals surface area (Å²) >= 11 is 0. The topological polar surface area (TPSA) is 64.4 Å². The van der Waals surface area contributed by atoms with Crippen LogP contribution in [0.2, 0.25) is 0 Å². The van der Waals surface area contributed by atoms with Gasteiger partial charge in [-0.15, -0.1) is 0 Å². The fourth-order valence-corrected chi connectivity index (χ4v) is 4.70. The molecule has 0 bridgehead atoms. The Hall–Kier alpha value is -1.70. The molecule has 124 valence electrons. The van der Waals surface area contributed by atoms with E-state index >= 15 is 0 Å². The zero-order valence-corrected chi connectivity index (χ0v) is 14.3. The van der Waals surface area contributed by atoms with Crippen LogP contribution in [0.25, 0.3) is 0 Å². The van der Waals surface area contributed by atoms with Gasteiger partial charge in [-0.25, -0.2) is 8.42 Å². The van der Waals surface area contributed by atoms with E-state index in [4.69, 9.17) is 4.74 Å². The van der Waals surface area contributed by atoms with Crippen molar-refractivity contribution in [3.05, 3.63) is 47.8 Å². The summed E-state index contributed by atoms with van der Waals surface area (Å²) in [7, 11) is -1.89. The molecule has 0 spiro atoms. The van der Waals surface area contributed by atoms with Gasteiger partial charge in [0.2, 0.25) is 10.0 Å². The van der Waals surface area contributed by atoms with Gasteiger partial charge in [-0.05, 0) is 19.4 Å². The van der Waals surface area contributed by atoms with Crippen LogP contribution in [0, 0.1) is 6.92 Å². The molecule has 1 aromatic carbocycles. The lowest BCUT2D eigenvalue weighted by atomic mass is 10.1. The van der Waals surface area contributed by atoms with Crippen molar-refractivity contribution in [3.63, 3.8) is 0 Å². The first-order valence-electron chi connectivity index (χ1n) is 7.58. The fraction of sp³-hybridized carbons (Fsp3) is 0.438. The summed E-state index contributed by atoms with van der Waals surface area (Å²) in [5, 5.41) is 4.07. The van der Waals surface area contributed by atoms with Gasteiger partial charge < -0.3 is 4.74 Å². The lowest BCUT2D eigenvalue weighted by Gasteiger charge is -2.37. The van der Waals surface area contributed by atoms with Crippen LogP contribution in [-0.2, 0) is 21.8 Å². The van der Waals surface area contributed by atoms with Crippen LogP contribution < -0.4 is 0 Å². The summed E-state index contributed by atoms with van der Waals surface area (Å²) in [5.74, 6) is 0. The van der Waals surface area contributed by atoms with Crippen molar-refractivity contribution < 1.29 is 13.2 Å². The van der Waals surface area contributed by atoms with Gasteiger partial charge in [0.05, 0.1) is 30.6 Å². The predicted molar refractivity (Wildman–Crippen MR) is 86.4 cm³/mol. The summed E-state index contributed by atoms with van der Waals surface area (Å²) in [5.41, 5.74) is 1.57. The molecule has 2 aromatic rings. The second-order valence-electron chi connectivity index (χ2n) is 5.86. The highest BCUT2D eigenvalue weighted by molar-refractivity contribution is 7.89. The molecule has 7 heteroatoms. The van der Waals surface area contributed by atoms with Gasteiger partial charge >= 0.3 is 0 Å². The van der Waals surface area contributed by atoms with Crippen LogP contribution >= 0.6 is 0 Å². The number of hydrogen-bond donors (Lipinski definition) is 0. The lowest BCUT2D eigenvalue weighted by molar-refractivity contribution is -0.0231. The van der Waals surface area contributed by atoms with Crippen LogP contribution in [0.1, 0.15) is 24.2 Å². The normalized spacial score (nSPS) is 23.1. The standard InChI is InChI=1S/C16H21N3O3S/c1-12-10-19(15(11-22-12)14-7-5-4-6-8-14)23(20,21)16-9-17-18(3)13(16)2/h4-9,12,15H,10-11H2,1-3H3. The number of rotatable bonds is 3. The minimum Gasteiger partial charge on any atom is -0.375 e. The molecule has 0 aliphatic carbocycles. The third kappa shape index (κ3) is 2.91. The Morgan fingerprint density at radius 3 is 2.57 bits per heavy atom. The maximum atomic E-state index is 13.2. The molecule has 1 fully saturated rings. The largest absolute Gasteiger partial charge is 0.375 e. The molecule has 0 saturated carbocycles. The summed E-state index contributed by atoms with van der Waals surface area (Å²) in [4.78, 5) is 0.259. The maximum absolute atomic E-state index is 13.2. The monoisotopic (exact) mass is 335 g/mol. The number of ether oxygens (including phenoxy) is 1. The van der Waals surface area contributed by atoms with Crippen molar-refractivity contribution in [3.8, 4) is 0 Å². The molecule has 6 nitrogen and oxygen atoms in total. The molecule has 1 aromatic heterocycles. The second kappa shape index (κ2) is 6.07. The number of morpholine rings is 1. The Balaban J connectivity index is 2.04. The summed E-state index contributed by atoms with van der Waals surface area (Å²) < 4.78 is 35.2. The highest BCUT2D eigenvalue weighted by Crippen LogP contribution is 2.32. The minimum absolute atomic E-state index is 0.137. The summed E-state index contributed by atoms with van der Waals surface area (Å²) in [6.45, 7) is 4.33. The van der Waals surface area contributed by atoms with E-state index in [9.17, 15) is 8.42 Å². The molecular weight excluding hydrogens is 314 g/mol. The van der Waals surface area contributed by atoms with Gasteiger partial charge in [0.1, 0.15) is 4.90 Å². The number of aromatic nitrogens is 2. The molecule has 1 aliphatic rings. The van der Waals surface area contributed by atoms with Crippen molar-refractivity contribution in [2.45, 2.75) is 30.9 Å². The molecule has 2 atom stereocenters. The Bertz CT molecular complexity index is 786. The van der Waals surface area contributed by atoms with Crippen LogP contribution in [-0.4, -0.2) is 41.8 Å². The lowest BCUT2D eigenvalue weighted by Crippen LogP contribution is -2.46. The molecular formula is C16H21N3O3S. The first-order chi connectivity index (χ1) is 10.9. The molecule has 0 N–H and O–H groups in total. The van der Waals surface area contributed by atoms with E-state index in [0.717, 1.165) is 5.56 Å². The highest BCUT2D eigenvalue weighted by Gasteiger charge is 2.38. The summed E-state index contributed by atoms with van der Waals surface area (Å²) in [6.07, 6.45) is 1.29. The average molecular weight is 335 g/mol. The van der Waals surface area contributed by atoms with E-state index in [1.165, 1.54) is 6.20 Å². The van der Waals surface area contributed by atoms with Gasteiger partial charge in [-0.2, -0.15) is 9.40 Å². The molecule has 0 radical (unpaired) electrons. The molecule has 0 amide bonds. The van der Waals surface area contributed by atoms with E-state index in [0.29, 0.717) is 18.8 Å². The maximum Gasteiger partial charge on any atom is 0.247 e. The van der Waals surface area contributed by atoms with Crippen molar-refractivity contribution in [2.75, 3.05) is 13.2 Å². The molecule has 1 aliphatic heterocycles. The van der Waals surface area contributed by atoms with Crippen molar-refractivity contribution >= 4 is 10.0 Å². The molecule has 1 saturated heterocycles. The first kappa shape index (κ1) is 16.2. The predicted octanol–water partition coefficient (Wildman–Crippen LogP) is 1.88. The molecule has 2 unspecified atom stereocenters. The van der Waals surface area contributed by atoms with Gasteiger partial charge in [0.25, 0.3) is 0 Å². The zero-order chi connectivity index (χ0) is 16.6. The van der Waals surface area contributed by atoms with E-state index in [1.807, 2.05) is 37.3 Å². The Morgan fingerprint density at radius 2 is 1.96 bits per heavy atom. The number of benzene rings is 1. The number of aryl methyl sites for hydroxylation is 1. The second-order valence-corrected chi connectivity index (χ2v) is 7.72. The Kier molecular flexibility index (Phi) is 4.27. The van der Waals surface area contributed by atoms with E-state index < -0.39 is 10.0 Å². The first-order valence-corrected chi connectivity index (χ1v) is 9.02. The Labute approximate surface area is 136 Å². The van der Waals surface area contributed by atoms with Crippen molar-refractivity contribution in [1.82, 2.24) is 14.1 Å². The third-order valence-electron chi connectivity index (χ3n) is 4.28. The SMILES string of the molecule is Cc1c(S(=O)(=O)N2CC(C)OCC2c2ccccc2)cnn1C. The zero-order valence-electron chi connectivity index (χ0n) is 13.5. The van der Waals surface area contributed by atoms with E-state index in [-0.39, 0.29) is 17.0 Å². The summed E-state index contributed by atoms with van der Waals surface area (Å²) in [6, 6.07) is 9.28. The van der Waals surface area contributed by atoms with Crippen LogP contribution in [0.3, 0.4) is 0 Å². The average Bonchev–Trinajstić information content (AvgIpc) is 2.88. The van der Waals surface area contributed by atoms with E-state index in [1.54, 1.807) is 23.0 Å². The van der Waals surface area contributed by atoms with Crippen molar-refractivity contribution in [2.24, 2.45) is 7.05 Å². The number of hydrogen-bond acceptors (Lipinski definition) is 4. The molecule has 3 rings (SSSR count). The van der Waals surface area contributed by atoms with Crippen molar-refractivity contribution in [1.29, 1.82) is 0 Å². The molecule has 2 heterocycles. The third-order valence-corrected chi connectivity index (χ3v) is 6.26. The van der Waals surface area contributed by atoms with Gasteiger partial charge in [-0.3, -0.25) is 4.68 Å². The fourth-order valence-electron chi connectivity index (χ4n) is 2.83. The minimum atomic E-state index is -3.63. The quantitative estimate of drug-likeness (QED) is 0.859. The number of sulfonamides is 1. The van der Waals surface area contributed by atoms with Crippen LogP contribution in [0.4, 0.5) is 0 Å². The van der Waals surface area contributed by atoms with Crippen LogP contribution in [0.15, 0.2) is 41.4 Å². The van der Waals surface area contributed by atoms with Gasteiger partial charge in [0.15, 0.2) is 0 Å². The molecule has 23 heavy (non-hydrogen) atoms.